The smallest absolute Gasteiger partial charge is 0.407 e. The zero-order chi connectivity index (χ0) is 21.6. The van der Waals surface area contributed by atoms with E-state index in [4.69, 9.17) is 4.74 Å². The molecule has 0 saturated heterocycles. The highest BCUT2D eigenvalue weighted by Gasteiger charge is 2.16. The Bertz CT molecular complexity index is 819. The summed E-state index contributed by atoms with van der Waals surface area (Å²) in [5.41, 5.74) is 3.38. The number of benzene rings is 2. The molecule has 0 fully saturated rings. The van der Waals surface area contributed by atoms with Crippen molar-refractivity contribution >= 4 is 12.0 Å². The highest BCUT2D eigenvalue weighted by Crippen LogP contribution is 2.16. The predicted molar refractivity (Wildman–Crippen MR) is 116 cm³/mol. The monoisotopic (exact) mass is 396 g/mol. The van der Waals surface area contributed by atoms with Gasteiger partial charge in [-0.1, -0.05) is 50.2 Å². The van der Waals surface area contributed by atoms with E-state index in [2.05, 4.69) is 43.4 Å². The number of alkyl carbamates (subject to hydrolysis) is 1. The van der Waals surface area contributed by atoms with Crippen molar-refractivity contribution in [2.24, 2.45) is 0 Å². The molecule has 0 spiro atoms. The van der Waals surface area contributed by atoms with Gasteiger partial charge in [-0.15, -0.1) is 0 Å². The Balaban J connectivity index is 1.91. The van der Waals surface area contributed by atoms with Gasteiger partial charge in [0, 0.05) is 25.7 Å². The third-order valence-corrected chi connectivity index (χ3v) is 4.45. The molecule has 2 aromatic carbocycles. The van der Waals surface area contributed by atoms with Gasteiger partial charge in [0.15, 0.2) is 0 Å². The molecule has 5 nitrogen and oxygen atoms in total. The van der Waals surface area contributed by atoms with Crippen LogP contribution in [0.5, 0.6) is 0 Å². The van der Waals surface area contributed by atoms with Crippen LogP contribution < -0.4 is 5.32 Å². The van der Waals surface area contributed by atoms with E-state index in [0.29, 0.717) is 24.6 Å². The van der Waals surface area contributed by atoms with E-state index in [1.165, 1.54) is 5.56 Å². The molecule has 2 amide bonds. The zero-order valence-corrected chi connectivity index (χ0v) is 18.3. The molecule has 0 aliphatic carbocycles. The Morgan fingerprint density at radius 1 is 0.966 bits per heavy atom. The van der Waals surface area contributed by atoms with Crippen LogP contribution in [0.25, 0.3) is 0 Å². The highest BCUT2D eigenvalue weighted by molar-refractivity contribution is 5.94. The molecule has 0 radical (unpaired) electrons. The van der Waals surface area contributed by atoms with Crippen LogP contribution in [0.2, 0.25) is 0 Å². The number of hydrogen-bond donors (Lipinski definition) is 1. The van der Waals surface area contributed by atoms with Gasteiger partial charge < -0.3 is 15.0 Å². The van der Waals surface area contributed by atoms with Crippen molar-refractivity contribution in [1.29, 1.82) is 0 Å². The fraction of sp³-hybridized carbons (Fsp3) is 0.417. The van der Waals surface area contributed by atoms with Crippen LogP contribution >= 0.6 is 0 Å². The first-order valence-electron chi connectivity index (χ1n) is 9.95. The van der Waals surface area contributed by atoms with Gasteiger partial charge in [0.1, 0.15) is 5.60 Å². The summed E-state index contributed by atoms with van der Waals surface area (Å²) in [7, 11) is 1.80. The Hall–Kier alpha value is -2.82. The molecule has 0 unspecified atom stereocenters. The fourth-order valence-electron chi connectivity index (χ4n) is 2.83. The van der Waals surface area contributed by atoms with E-state index in [1.807, 2.05) is 32.9 Å². The molecule has 2 aromatic rings. The fourth-order valence-corrected chi connectivity index (χ4v) is 2.83. The number of amides is 2. The van der Waals surface area contributed by atoms with E-state index >= 15 is 0 Å². The minimum Gasteiger partial charge on any atom is -0.444 e. The van der Waals surface area contributed by atoms with Crippen molar-refractivity contribution in [2.75, 3.05) is 7.05 Å². The molecule has 0 aliphatic heterocycles. The maximum Gasteiger partial charge on any atom is 0.407 e. The zero-order valence-electron chi connectivity index (χ0n) is 18.3. The molecule has 0 heterocycles. The maximum atomic E-state index is 12.7. The quantitative estimate of drug-likeness (QED) is 0.738. The summed E-state index contributed by atoms with van der Waals surface area (Å²) in [5, 5.41) is 2.72. The average molecular weight is 397 g/mol. The topological polar surface area (TPSA) is 58.6 Å². The van der Waals surface area contributed by atoms with Crippen molar-refractivity contribution in [3.8, 4) is 0 Å². The molecule has 0 aromatic heterocycles. The lowest BCUT2D eigenvalue weighted by molar-refractivity contribution is 0.0523. The molecule has 1 N–H and O–H groups in total. The number of carbonyl (C=O) groups excluding carboxylic acids is 2. The molecular formula is C24H32N2O3. The Morgan fingerprint density at radius 2 is 1.52 bits per heavy atom. The van der Waals surface area contributed by atoms with Crippen LogP contribution in [0.1, 0.15) is 67.6 Å². The van der Waals surface area contributed by atoms with Gasteiger partial charge in [0.2, 0.25) is 0 Å². The van der Waals surface area contributed by atoms with Gasteiger partial charge in [-0.3, -0.25) is 4.79 Å². The van der Waals surface area contributed by atoms with E-state index in [1.54, 1.807) is 24.1 Å². The third kappa shape index (κ3) is 7.26. The van der Waals surface area contributed by atoms with E-state index < -0.39 is 11.7 Å². The summed E-state index contributed by atoms with van der Waals surface area (Å²) in [6.07, 6.45) is -0.458. The van der Waals surface area contributed by atoms with Crippen LogP contribution in [-0.4, -0.2) is 29.5 Å². The van der Waals surface area contributed by atoms with Crippen LogP contribution in [0.4, 0.5) is 4.79 Å². The lowest BCUT2D eigenvalue weighted by Crippen LogP contribution is -2.32. The Labute approximate surface area is 174 Å². The summed E-state index contributed by atoms with van der Waals surface area (Å²) in [4.78, 5) is 26.1. The molecular weight excluding hydrogens is 364 g/mol. The lowest BCUT2D eigenvalue weighted by atomic mass is 10.0. The number of ether oxygens (including phenoxy) is 1. The van der Waals surface area contributed by atoms with Crippen molar-refractivity contribution in [3.05, 3.63) is 70.8 Å². The van der Waals surface area contributed by atoms with Gasteiger partial charge >= 0.3 is 6.09 Å². The minimum atomic E-state index is -0.528. The van der Waals surface area contributed by atoms with Crippen LogP contribution in [0.15, 0.2) is 48.5 Å². The summed E-state index contributed by atoms with van der Waals surface area (Å²) in [5.74, 6) is 0.455. The molecule has 0 atom stereocenters. The SMILES string of the molecule is CC(C)c1ccc(CN(C)C(=O)c2ccc(CNC(=O)OC(C)(C)C)cc2)cc1. The first-order valence-corrected chi connectivity index (χ1v) is 9.95. The van der Waals surface area contributed by atoms with Gasteiger partial charge in [-0.05, 0) is 55.5 Å². The second-order valence-corrected chi connectivity index (χ2v) is 8.61. The van der Waals surface area contributed by atoms with Crippen molar-refractivity contribution < 1.29 is 14.3 Å². The molecule has 29 heavy (non-hydrogen) atoms. The lowest BCUT2D eigenvalue weighted by Gasteiger charge is -2.20. The molecule has 0 saturated carbocycles. The molecule has 5 heteroatoms. The normalized spacial score (nSPS) is 11.3. The molecule has 2 rings (SSSR count). The maximum absolute atomic E-state index is 12.7. The average Bonchev–Trinajstić information content (AvgIpc) is 2.65. The third-order valence-electron chi connectivity index (χ3n) is 4.45. The molecule has 156 valence electrons. The minimum absolute atomic E-state index is 0.0374. The van der Waals surface area contributed by atoms with Crippen LogP contribution in [-0.2, 0) is 17.8 Å². The van der Waals surface area contributed by atoms with Crippen molar-refractivity contribution in [3.63, 3.8) is 0 Å². The van der Waals surface area contributed by atoms with E-state index in [-0.39, 0.29) is 5.91 Å². The second kappa shape index (κ2) is 9.59. The first-order chi connectivity index (χ1) is 13.5. The van der Waals surface area contributed by atoms with E-state index in [9.17, 15) is 9.59 Å². The summed E-state index contributed by atoms with van der Waals surface area (Å²) in [6.45, 7) is 10.7. The van der Waals surface area contributed by atoms with Crippen LogP contribution in [0, 0.1) is 0 Å². The number of hydrogen-bond acceptors (Lipinski definition) is 3. The standard InChI is InChI=1S/C24H32N2O3/c1-17(2)20-11-9-19(10-12-20)16-26(6)22(27)21-13-7-18(8-14-21)15-25-23(28)29-24(3,4)5/h7-14,17H,15-16H2,1-6H3,(H,25,28). The van der Waals surface area contributed by atoms with Crippen LogP contribution in [0.3, 0.4) is 0 Å². The Kier molecular flexibility index (Phi) is 7.43. The van der Waals surface area contributed by atoms with Gasteiger partial charge in [-0.2, -0.15) is 0 Å². The van der Waals surface area contributed by atoms with Crippen molar-refractivity contribution in [2.45, 2.75) is 59.2 Å². The summed E-state index contributed by atoms with van der Waals surface area (Å²) in [6, 6.07) is 15.6. The van der Waals surface area contributed by atoms with Crippen molar-refractivity contribution in [1.82, 2.24) is 10.2 Å². The summed E-state index contributed by atoms with van der Waals surface area (Å²) >= 11 is 0. The number of rotatable bonds is 6. The predicted octanol–water partition coefficient (Wildman–Crippen LogP) is 5.11. The second-order valence-electron chi connectivity index (χ2n) is 8.61. The highest BCUT2D eigenvalue weighted by atomic mass is 16.6. The number of nitrogens with one attached hydrogen (secondary N) is 1. The molecule has 0 bridgehead atoms. The van der Waals surface area contributed by atoms with Gasteiger partial charge in [-0.25, -0.2) is 4.79 Å². The van der Waals surface area contributed by atoms with E-state index in [0.717, 1.165) is 11.1 Å². The van der Waals surface area contributed by atoms with Gasteiger partial charge in [0.25, 0.3) is 5.91 Å². The largest absolute Gasteiger partial charge is 0.444 e. The summed E-state index contributed by atoms with van der Waals surface area (Å²) < 4.78 is 5.22. The Morgan fingerprint density at radius 3 is 2.03 bits per heavy atom. The first kappa shape index (κ1) is 22.5. The number of nitrogens with zero attached hydrogens (tertiary/aromatic N) is 1. The number of carbonyl (C=O) groups is 2. The molecule has 0 aliphatic rings. The van der Waals surface area contributed by atoms with Gasteiger partial charge in [0.05, 0.1) is 0 Å².